The number of carbonyl (C=O) groups excluding carboxylic acids is 2. The van der Waals surface area contributed by atoms with E-state index in [1.54, 1.807) is 38.5 Å². The van der Waals surface area contributed by atoms with Gasteiger partial charge in [-0.3, -0.25) is 9.59 Å². The van der Waals surface area contributed by atoms with Crippen LogP contribution in [0.2, 0.25) is 0 Å². The Morgan fingerprint density at radius 2 is 2.29 bits per heavy atom. The summed E-state index contributed by atoms with van der Waals surface area (Å²) in [5, 5.41) is 17.6. The maximum Gasteiger partial charge on any atom is 0.253 e. The highest BCUT2D eigenvalue weighted by Gasteiger charge is 2.49. The molecule has 0 aromatic carbocycles. The molecule has 0 spiro atoms. The second-order valence-electron chi connectivity index (χ2n) is 7.41. The number of rotatable bonds is 9. The largest absolute Gasteiger partial charge is 0.375 e. The average molecular weight is 482 g/mol. The molecule has 31 heavy (non-hydrogen) atoms. The highest BCUT2D eigenvalue weighted by atomic mass is 32.2. The summed E-state index contributed by atoms with van der Waals surface area (Å²) < 4.78 is 1.79. The van der Waals surface area contributed by atoms with Crippen molar-refractivity contribution in [2.45, 2.75) is 29.5 Å². The van der Waals surface area contributed by atoms with E-state index in [0.29, 0.717) is 16.6 Å². The molecule has 0 bridgehead atoms. The first-order valence-corrected chi connectivity index (χ1v) is 12.5. The molecule has 3 N–H and O–H groups in total. The fourth-order valence-corrected chi connectivity index (χ4v) is 5.94. The van der Waals surface area contributed by atoms with Crippen LogP contribution in [0.25, 0.3) is 0 Å². The third-order valence-corrected chi connectivity index (χ3v) is 7.88. The first-order valence-electron chi connectivity index (χ1n) is 9.57. The first-order chi connectivity index (χ1) is 14.9. The van der Waals surface area contributed by atoms with Gasteiger partial charge in [0.05, 0.1) is 18.7 Å². The van der Waals surface area contributed by atoms with Crippen molar-refractivity contribution in [2.75, 3.05) is 37.9 Å². The van der Waals surface area contributed by atoms with Gasteiger partial charge in [0.25, 0.3) is 5.91 Å². The number of fused-ring (bicyclic) bond motifs is 1. The quantitative estimate of drug-likeness (QED) is 0.369. The van der Waals surface area contributed by atoms with Crippen LogP contribution in [0.15, 0.2) is 22.3 Å². The molecule has 0 radical (unpaired) electrons. The van der Waals surface area contributed by atoms with Crippen LogP contribution < -0.4 is 11.1 Å². The van der Waals surface area contributed by atoms with E-state index in [0.717, 1.165) is 29.6 Å². The van der Waals surface area contributed by atoms with E-state index in [1.807, 2.05) is 20.3 Å². The van der Waals surface area contributed by atoms with Crippen LogP contribution in [0.3, 0.4) is 0 Å². The molecule has 0 aliphatic carbocycles. The van der Waals surface area contributed by atoms with E-state index in [-0.39, 0.29) is 23.6 Å². The third kappa shape index (κ3) is 5.19. The van der Waals surface area contributed by atoms with Gasteiger partial charge in [0.15, 0.2) is 5.13 Å². The number of β-lactam (4-membered cyclic amide) rings is 1. The second-order valence-corrected chi connectivity index (χ2v) is 10.3. The lowest BCUT2D eigenvalue weighted by Crippen LogP contribution is -2.68. The van der Waals surface area contributed by atoms with E-state index in [1.165, 1.54) is 11.3 Å². The molecule has 2 aromatic heterocycles. The predicted octanol–water partition coefficient (Wildman–Crippen LogP) is -0.108. The number of nitrogens with zero attached hydrogens (tertiary/aromatic N) is 7. The number of hydrogen-bond donors (Lipinski definition) is 2. The van der Waals surface area contributed by atoms with Gasteiger partial charge in [-0.1, -0.05) is 11.8 Å². The number of hydrogen-bond acceptors (Lipinski definition) is 11. The summed E-state index contributed by atoms with van der Waals surface area (Å²) in [7, 11) is 4.01. The normalized spacial score (nSPS) is 20.4. The van der Waals surface area contributed by atoms with Crippen molar-refractivity contribution in [1.82, 2.24) is 40.3 Å². The number of aromatic nitrogens is 5. The number of nitrogen functional groups attached to an aromatic ring is 1. The van der Waals surface area contributed by atoms with Gasteiger partial charge >= 0.3 is 0 Å². The summed E-state index contributed by atoms with van der Waals surface area (Å²) in [6.45, 7) is 1.57. The Labute approximate surface area is 191 Å². The van der Waals surface area contributed by atoms with Crippen LogP contribution >= 0.6 is 34.9 Å². The second kappa shape index (κ2) is 9.54. The Morgan fingerprint density at radius 3 is 3.03 bits per heavy atom. The van der Waals surface area contributed by atoms with Gasteiger partial charge in [-0.15, -0.1) is 28.2 Å². The summed E-state index contributed by atoms with van der Waals surface area (Å²) in [6.07, 6.45) is 2.02. The molecule has 1 saturated heterocycles. The molecule has 2 aliphatic heterocycles. The zero-order valence-corrected chi connectivity index (χ0v) is 19.5. The van der Waals surface area contributed by atoms with Crippen molar-refractivity contribution in [3.63, 3.8) is 0 Å². The zero-order valence-electron chi connectivity index (χ0n) is 17.1. The Kier molecular flexibility index (Phi) is 6.79. The molecule has 2 aromatic rings. The van der Waals surface area contributed by atoms with E-state index in [4.69, 9.17) is 5.73 Å². The van der Waals surface area contributed by atoms with E-state index >= 15 is 0 Å². The average Bonchev–Trinajstić information content (AvgIpc) is 3.36. The highest BCUT2D eigenvalue weighted by molar-refractivity contribution is 8.01. The van der Waals surface area contributed by atoms with E-state index in [9.17, 15) is 9.59 Å². The van der Waals surface area contributed by atoms with Gasteiger partial charge < -0.3 is 20.9 Å². The van der Waals surface area contributed by atoms with E-state index < -0.39 is 6.04 Å². The number of likely N-dealkylation sites (N-methyl/N-ethyl adjacent to an activating group) is 1. The van der Waals surface area contributed by atoms with Crippen LogP contribution in [-0.2, 0) is 22.6 Å². The SMILES string of the molecule is CN(C)CCn1nnnc1SCC1=CN2C(=O)[C@@H](NC(=O)Cc3csc(N)n3)[C@@H]2SC1. The molecule has 166 valence electrons. The molecule has 0 saturated carbocycles. The Balaban J connectivity index is 1.28. The van der Waals surface area contributed by atoms with Crippen molar-refractivity contribution < 1.29 is 9.59 Å². The maximum absolute atomic E-state index is 12.5. The maximum atomic E-state index is 12.5. The molecule has 14 heteroatoms. The van der Waals surface area contributed by atoms with Crippen LogP contribution in [0.4, 0.5) is 5.13 Å². The number of carbonyl (C=O) groups is 2. The van der Waals surface area contributed by atoms with Gasteiger partial charge in [0.1, 0.15) is 11.4 Å². The van der Waals surface area contributed by atoms with E-state index in [2.05, 4.69) is 30.7 Å². The molecule has 2 aliphatic rings. The molecular formula is C17H23N9O2S3. The topological polar surface area (TPSA) is 135 Å². The number of thioether (sulfide) groups is 2. The first kappa shape index (κ1) is 22.0. The zero-order chi connectivity index (χ0) is 22.0. The predicted molar refractivity (Wildman–Crippen MR) is 120 cm³/mol. The molecule has 4 rings (SSSR count). The van der Waals surface area contributed by atoms with Crippen LogP contribution in [0.5, 0.6) is 0 Å². The lowest BCUT2D eigenvalue weighted by molar-refractivity contribution is -0.144. The molecule has 4 heterocycles. The van der Waals surface area contributed by atoms with Gasteiger partial charge in [0.2, 0.25) is 11.1 Å². The van der Waals surface area contributed by atoms with Gasteiger partial charge in [-0.2, -0.15) is 0 Å². The smallest absolute Gasteiger partial charge is 0.253 e. The third-order valence-electron chi connectivity index (χ3n) is 4.71. The Bertz CT molecular complexity index is 989. The van der Waals surface area contributed by atoms with Crippen molar-refractivity contribution >= 4 is 51.8 Å². The number of tetrazole rings is 1. The van der Waals surface area contributed by atoms with Crippen LogP contribution in [0, 0.1) is 0 Å². The fraction of sp³-hybridized carbons (Fsp3) is 0.529. The summed E-state index contributed by atoms with van der Waals surface area (Å²) in [5.41, 5.74) is 7.34. The van der Waals surface area contributed by atoms with Gasteiger partial charge in [0, 0.05) is 29.6 Å². The monoisotopic (exact) mass is 481 g/mol. The number of amides is 2. The molecule has 11 nitrogen and oxygen atoms in total. The van der Waals surface area contributed by atoms with Crippen LogP contribution in [-0.4, -0.2) is 90.4 Å². The number of anilines is 1. The minimum atomic E-state index is -0.503. The van der Waals surface area contributed by atoms with Gasteiger partial charge in [-0.05, 0) is 30.1 Å². The van der Waals surface area contributed by atoms with Crippen molar-refractivity contribution in [1.29, 1.82) is 0 Å². The summed E-state index contributed by atoms with van der Waals surface area (Å²) in [4.78, 5) is 32.7. The van der Waals surface area contributed by atoms with Gasteiger partial charge in [-0.25, -0.2) is 9.67 Å². The lowest BCUT2D eigenvalue weighted by atomic mass is 10.1. The molecular weight excluding hydrogens is 458 g/mol. The molecule has 0 unspecified atom stereocenters. The van der Waals surface area contributed by atoms with Crippen molar-refractivity contribution in [3.8, 4) is 0 Å². The number of nitrogens with two attached hydrogens (primary N) is 1. The number of thiazole rings is 1. The molecule has 1 fully saturated rings. The Morgan fingerprint density at radius 1 is 1.45 bits per heavy atom. The lowest BCUT2D eigenvalue weighted by Gasteiger charge is -2.47. The summed E-state index contributed by atoms with van der Waals surface area (Å²) in [6, 6.07) is -0.503. The molecule has 2 atom stereocenters. The Hall–Kier alpha value is -2.16. The summed E-state index contributed by atoms with van der Waals surface area (Å²) in [5.74, 6) is 1.17. The minimum Gasteiger partial charge on any atom is -0.375 e. The molecule has 2 amide bonds. The van der Waals surface area contributed by atoms with Crippen molar-refractivity contribution in [2.24, 2.45) is 0 Å². The minimum absolute atomic E-state index is 0.0730. The standard InChI is InChI=1S/C17H23N9O2S3/c1-24(2)3-4-26-17(21-22-23-26)31-8-10-6-25-14(28)13(15(25)29-7-10)20-12(27)5-11-9-30-16(18)19-11/h6,9,13,15H,3-5,7-8H2,1-2H3,(H2,18,19)(H,20,27)/t13-,15+/m1/s1. The highest BCUT2D eigenvalue weighted by Crippen LogP contribution is 2.37. The van der Waals surface area contributed by atoms with Crippen molar-refractivity contribution in [3.05, 3.63) is 22.8 Å². The van der Waals surface area contributed by atoms with Crippen LogP contribution in [0.1, 0.15) is 5.69 Å². The number of nitrogens with one attached hydrogen (secondary N) is 1. The fourth-order valence-electron chi connectivity index (χ4n) is 3.12. The summed E-state index contributed by atoms with van der Waals surface area (Å²) >= 11 is 4.50.